The number of aliphatic hydroxyl groups excluding tert-OH is 2. The normalized spacial score (nSPS) is 24.0. The number of aliphatic hydroxyl groups is 2. The minimum Gasteiger partial charge on any atom is -0.465 e. The van der Waals surface area contributed by atoms with E-state index in [4.69, 9.17) is 18.5 Å². The second-order valence-electron chi connectivity index (χ2n) is 8.74. The van der Waals surface area contributed by atoms with Crippen LogP contribution in [0.25, 0.3) is 0 Å². The van der Waals surface area contributed by atoms with Crippen molar-refractivity contribution in [1.82, 2.24) is 14.6 Å². The largest absolute Gasteiger partial charge is 0.465 e. The molecule has 1 aromatic heterocycles. The maximum Gasteiger partial charge on any atom is 0.406 e. The van der Waals surface area contributed by atoms with Crippen LogP contribution in [0.1, 0.15) is 45.2 Å². The van der Waals surface area contributed by atoms with E-state index < -0.39 is 67.5 Å². The fraction of sp³-hybridized carbons (Fsp3) is 0.727. The molecular formula is C22H36N3O10PS. The van der Waals surface area contributed by atoms with Gasteiger partial charge in [0.25, 0.3) is 0 Å². The molecule has 210 valence electrons. The van der Waals surface area contributed by atoms with E-state index in [0.29, 0.717) is 5.69 Å². The van der Waals surface area contributed by atoms with Crippen molar-refractivity contribution in [2.45, 2.75) is 69.9 Å². The average Bonchev–Trinajstić information content (AvgIpc) is 3.10. The molecule has 1 unspecified atom stereocenters. The van der Waals surface area contributed by atoms with Gasteiger partial charge >= 0.3 is 25.4 Å². The molecular weight excluding hydrogens is 529 g/mol. The van der Waals surface area contributed by atoms with Crippen LogP contribution in [0.4, 0.5) is 0 Å². The summed E-state index contributed by atoms with van der Waals surface area (Å²) in [6, 6.07) is 0.529. The first kappa shape index (κ1) is 31.4. The van der Waals surface area contributed by atoms with E-state index in [2.05, 4.69) is 10.1 Å². The summed E-state index contributed by atoms with van der Waals surface area (Å²) in [5, 5.41) is 22.0. The van der Waals surface area contributed by atoms with Crippen molar-refractivity contribution in [2.24, 2.45) is 5.92 Å². The van der Waals surface area contributed by atoms with Gasteiger partial charge in [0.15, 0.2) is 6.61 Å². The first-order valence-corrected chi connectivity index (χ1v) is 14.5. The molecule has 1 saturated heterocycles. The van der Waals surface area contributed by atoms with E-state index in [1.165, 1.54) is 10.8 Å². The van der Waals surface area contributed by atoms with Gasteiger partial charge in [-0.15, -0.1) is 11.8 Å². The van der Waals surface area contributed by atoms with Crippen LogP contribution in [-0.4, -0.2) is 81.6 Å². The highest BCUT2D eigenvalue weighted by molar-refractivity contribution is 8.00. The van der Waals surface area contributed by atoms with Crippen molar-refractivity contribution in [3.63, 3.8) is 0 Å². The fourth-order valence-electron chi connectivity index (χ4n) is 3.52. The molecule has 3 N–H and O–H groups in total. The molecule has 1 aliphatic rings. The second-order valence-corrected chi connectivity index (χ2v) is 11.9. The summed E-state index contributed by atoms with van der Waals surface area (Å²) in [7, 11) is -4.33. The van der Waals surface area contributed by atoms with Crippen molar-refractivity contribution in [3.05, 3.63) is 28.4 Å². The molecule has 0 saturated carbocycles. The Morgan fingerprint density at radius 3 is 2.46 bits per heavy atom. The quantitative estimate of drug-likeness (QED) is 0.217. The van der Waals surface area contributed by atoms with Gasteiger partial charge in [-0.05, 0) is 39.2 Å². The van der Waals surface area contributed by atoms with Crippen molar-refractivity contribution >= 4 is 31.4 Å². The molecule has 0 aromatic carbocycles. The third-order valence-corrected chi connectivity index (χ3v) is 8.37. The van der Waals surface area contributed by atoms with Crippen LogP contribution in [0.15, 0.2) is 17.1 Å². The van der Waals surface area contributed by atoms with Gasteiger partial charge in [-0.25, -0.2) is 19.2 Å². The van der Waals surface area contributed by atoms with Gasteiger partial charge in [0.2, 0.25) is 0 Å². The molecule has 6 atom stereocenters. The molecule has 1 aromatic rings. The topological polar surface area (TPSA) is 176 Å². The number of rotatable bonds is 14. The van der Waals surface area contributed by atoms with Crippen molar-refractivity contribution in [2.75, 3.05) is 26.4 Å². The summed E-state index contributed by atoms with van der Waals surface area (Å²) in [4.78, 5) is 40.5. The number of thioether (sulfide) groups is 1. The summed E-state index contributed by atoms with van der Waals surface area (Å²) in [6.07, 6.45) is -0.994. The maximum atomic E-state index is 13.6. The molecule has 1 aliphatic heterocycles. The van der Waals surface area contributed by atoms with E-state index in [9.17, 15) is 29.2 Å². The minimum atomic E-state index is -4.33. The SMILES string of the molecule is CCOC(=O)COP(=O)(N[C@@H](CC(C)C)C(=O)OCC)OC[C@H]1S[C@@H](n2ccc(C)nc2=O)[C@@H](O)[C@@H]1O. The van der Waals surface area contributed by atoms with E-state index >= 15 is 0 Å². The van der Waals surface area contributed by atoms with E-state index in [1.807, 2.05) is 13.8 Å². The Morgan fingerprint density at radius 2 is 1.86 bits per heavy atom. The Bertz CT molecular complexity index is 1020. The Kier molecular flexibility index (Phi) is 12.2. The van der Waals surface area contributed by atoms with Crippen LogP contribution >= 0.6 is 19.5 Å². The molecule has 0 bridgehead atoms. The number of esters is 2. The average molecular weight is 566 g/mol. The number of ether oxygens (including phenoxy) is 2. The van der Waals surface area contributed by atoms with Crippen LogP contribution < -0.4 is 10.8 Å². The zero-order chi connectivity index (χ0) is 27.8. The summed E-state index contributed by atoms with van der Waals surface area (Å²) >= 11 is 1.03. The predicted octanol–water partition coefficient (Wildman–Crippen LogP) is 1.16. The van der Waals surface area contributed by atoms with Crippen LogP contribution in [0, 0.1) is 12.8 Å². The number of hydrogen-bond acceptors (Lipinski definition) is 12. The highest BCUT2D eigenvalue weighted by Gasteiger charge is 2.45. The van der Waals surface area contributed by atoms with Crippen molar-refractivity contribution in [1.29, 1.82) is 0 Å². The first-order chi connectivity index (χ1) is 17.4. The number of aromatic nitrogens is 2. The lowest BCUT2D eigenvalue weighted by Gasteiger charge is -2.26. The second kappa shape index (κ2) is 14.4. The van der Waals surface area contributed by atoms with Gasteiger partial charge in [-0.3, -0.25) is 18.4 Å². The standard InChI is InChI=1S/C22H36N3O10PS/c1-6-32-17(26)12-35-36(31,24-15(10-13(3)4)21(29)33-7-2)34-11-16-18(27)19(28)20(37-16)25-9-8-14(5)23-22(25)30/h8-9,13,15-16,18-20,27-28H,6-7,10-12H2,1-5H3,(H,24,31)/t15-,16+,18+,19-,20+,36?/m0/s1. The summed E-state index contributed by atoms with van der Waals surface area (Å²) < 4.78 is 35.5. The molecule has 13 nitrogen and oxygen atoms in total. The molecule has 0 amide bonds. The van der Waals surface area contributed by atoms with Crippen LogP contribution in [-0.2, 0) is 32.7 Å². The number of nitrogens with zero attached hydrogens (tertiary/aromatic N) is 2. The summed E-state index contributed by atoms with van der Waals surface area (Å²) in [5.41, 5.74) is -0.0936. The Morgan fingerprint density at radius 1 is 1.19 bits per heavy atom. The molecule has 0 radical (unpaired) electrons. The number of hydrogen-bond donors (Lipinski definition) is 3. The van der Waals surface area contributed by atoms with Crippen molar-refractivity contribution < 1.29 is 42.9 Å². The molecule has 0 aliphatic carbocycles. The van der Waals surface area contributed by atoms with Gasteiger partial charge in [0.1, 0.15) is 17.5 Å². The van der Waals surface area contributed by atoms with Gasteiger partial charge in [-0.2, -0.15) is 4.98 Å². The first-order valence-electron chi connectivity index (χ1n) is 12.0. The zero-order valence-corrected chi connectivity index (χ0v) is 23.3. The predicted molar refractivity (Wildman–Crippen MR) is 135 cm³/mol. The molecule has 1 fully saturated rings. The Balaban J connectivity index is 2.20. The van der Waals surface area contributed by atoms with Gasteiger partial charge in [0, 0.05) is 11.9 Å². The van der Waals surface area contributed by atoms with E-state index in [1.54, 1.807) is 26.8 Å². The molecule has 37 heavy (non-hydrogen) atoms. The third kappa shape index (κ3) is 9.17. The lowest BCUT2D eigenvalue weighted by atomic mass is 10.1. The number of carbonyl (C=O) groups is 2. The number of carbonyl (C=O) groups excluding carboxylic acids is 2. The Labute approximate surface area is 219 Å². The monoisotopic (exact) mass is 565 g/mol. The summed E-state index contributed by atoms with van der Waals surface area (Å²) in [6.45, 7) is 7.65. The Hall–Kier alpha value is -1.80. The maximum absolute atomic E-state index is 13.6. The van der Waals surface area contributed by atoms with E-state index in [-0.39, 0.29) is 25.6 Å². The van der Waals surface area contributed by atoms with Gasteiger partial charge < -0.3 is 19.7 Å². The highest BCUT2D eigenvalue weighted by Crippen LogP contribution is 2.48. The fourth-order valence-corrected chi connectivity index (χ4v) is 6.51. The minimum absolute atomic E-state index is 0.00459. The van der Waals surface area contributed by atoms with Gasteiger partial charge in [0.05, 0.1) is 31.2 Å². The van der Waals surface area contributed by atoms with Crippen LogP contribution in [0.3, 0.4) is 0 Å². The van der Waals surface area contributed by atoms with Gasteiger partial charge in [-0.1, -0.05) is 13.8 Å². The lowest BCUT2D eigenvalue weighted by Crippen LogP contribution is -2.39. The molecule has 15 heteroatoms. The summed E-state index contributed by atoms with van der Waals surface area (Å²) in [5.74, 6) is -1.46. The third-order valence-electron chi connectivity index (χ3n) is 5.24. The molecule has 2 heterocycles. The number of nitrogens with one attached hydrogen (secondary N) is 1. The molecule has 2 rings (SSSR count). The smallest absolute Gasteiger partial charge is 0.406 e. The lowest BCUT2D eigenvalue weighted by molar-refractivity contribution is -0.145. The van der Waals surface area contributed by atoms with Crippen LogP contribution in [0.5, 0.6) is 0 Å². The number of aryl methyl sites for hydroxylation is 1. The van der Waals surface area contributed by atoms with E-state index in [0.717, 1.165) is 11.8 Å². The highest BCUT2D eigenvalue weighted by atomic mass is 32.2. The zero-order valence-electron chi connectivity index (χ0n) is 21.6. The van der Waals surface area contributed by atoms with Crippen molar-refractivity contribution in [3.8, 4) is 0 Å². The molecule has 0 spiro atoms. The van der Waals surface area contributed by atoms with Crippen LogP contribution in [0.2, 0.25) is 0 Å².